The largest absolute Gasteiger partial charge is 0.484 e. The minimum atomic E-state index is 0.0103. The topological polar surface area (TPSA) is 38.5 Å². The van der Waals surface area contributed by atoms with Crippen LogP contribution in [0.4, 0.5) is 5.69 Å². The first kappa shape index (κ1) is 13.3. The van der Waals surface area contributed by atoms with E-state index in [2.05, 4.69) is 18.0 Å². The minimum absolute atomic E-state index is 0.0103. The van der Waals surface area contributed by atoms with Gasteiger partial charge in [-0.1, -0.05) is 41.9 Å². The van der Waals surface area contributed by atoms with Crippen molar-refractivity contribution < 1.29 is 4.74 Å². The second kappa shape index (κ2) is 5.35. The van der Waals surface area contributed by atoms with Gasteiger partial charge in [-0.05, 0) is 12.1 Å². The molecule has 20 heavy (non-hydrogen) atoms. The molecule has 0 amide bonds. The highest BCUT2D eigenvalue weighted by Crippen LogP contribution is 2.43. The van der Waals surface area contributed by atoms with Crippen LogP contribution >= 0.6 is 11.6 Å². The summed E-state index contributed by atoms with van der Waals surface area (Å²) in [7, 11) is 2.06. The van der Waals surface area contributed by atoms with Gasteiger partial charge in [0.15, 0.2) is 5.75 Å². The molecule has 0 unspecified atom stereocenters. The number of hydrogen-bond donors (Lipinski definition) is 1. The molecule has 1 aliphatic rings. The van der Waals surface area contributed by atoms with Crippen LogP contribution in [0.15, 0.2) is 42.5 Å². The lowest BCUT2D eigenvalue weighted by atomic mass is 10.0. The summed E-state index contributed by atoms with van der Waals surface area (Å²) < 4.78 is 6.07. The highest BCUT2D eigenvalue weighted by Gasteiger charge is 2.25. The van der Waals surface area contributed by atoms with Gasteiger partial charge in [0.05, 0.1) is 12.2 Å². The van der Waals surface area contributed by atoms with Crippen LogP contribution in [0, 0.1) is 0 Å². The Morgan fingerprint density at radius 3 is 2.70 bits per heavy atom. The summed E-state index contributed by atoms with van der Waals surface area (Å²) >= 11 is 6.31. The maximum absolute atomic E-state index is 6.31. The Balaban J connectivity index is 2.15. The van der Waals surface area contributed by atoms with Crippen molar-refractivity contribution in [2.75, 3.05) is 25.0 Å². The molecule has 0 radical (unpaired) electrons. The van der Waals surface area contributed by atoms with E-state index in [1.54, 1.807) is 0 Å². The lowest BCUT2D eigenvalue weighted by Gasteiger charge is -2.34. The Labute approximate surface area is 123 Å². The van der Waals surface area contributed by atoms with Gasteiger partial charge in [-0.2, -0.15) is 0 Å². The number of rotatable bonds is 2. The number of para-hydroxylation sites is 1. The van der Waals surface area contributed by atoms with Gasteiger partial charge in [0.25, 0.3) is 0 Å². The highest BCUT2D eigenvalue weighted by molar-refractivity contribution is 6.33. The lowest BCUT2D eigenvalue weighted by Crippen LogP contribution is -2.42. The highest BCUT2D eigenvalue weighted by atomic mass is 35.5. The molecule has 1 aliphatic heterocycles. The van der Waals surface area contributed by atoms with Crippen LogP contribution in [0.1, 0.15) is 0 Å². The number of hydrogen-bond acceptors (Lipinski definition) is 3. The number of likely N-dealkylation sites (N-methyl/N-ethyl adjacent to an activating group) is 1. The molecule has 3 rings (SSSR count). The monoisotopic (exact) mass is 288 g/mol. The second-order valence-electron chi connectivity index (χ2n) is 4.99. The summed E-state index contributed by atoms with van der Waals surface area (Å²) in [4.78, 5) is 2.18. The lowest BCUT2D eigenvalue weighted by molar-refractivity contribution is 0.205. The van der Waals surface area contributed by atoms with Crippen molar-refractivity contribution >= 4 is 17.3 Å². The van der Waals surface area contributed by atoms with Gasteiger partial charge < -0.3 is 15.4 Å². The normalized spacial score (nSPS) is 17.6. The van der Waals surface area contributed by atoms with Crippen LogP contribution in [0.25, 0.3) is 11.1 Å². The molecule has 0 bridgehead atoms. The molecule has 2 N–H and O–H groups in total. The number of ether oxygens (including phenoxy) is 1. The molecule has 3 nitrogen and oxygen atoms in total. The number of benzene rings is 2. The van der Waals surface area contributed by atoms with Gasteiger partial charge in [0, 0.05) is 29.7 Å². The summed E-state index contributed by atoms with van der Waals surface area (Å²) in [5.74, 6) is 0.866. The molecule has 2 aromatic carbocycles. The average Bonchev–Trinajstić information content (AvgIpc) is 2.47. The molecular formula is C16H17ClN2O. The zero-order valence-electron chi connectivity index (χ0n) is 11.3. The molecule has 1 heterocycles. The third kappa shape index (κ3) is 2.23. The van der Waals surface area contributed by atoms with Gasteiger partial charge in [0.1, 0.15) is 6.10 Å². The molecule has 0 aliphatic carbocycles. The summed E-state index contributed by atoms with van der Waals surface area (Å²) in [6, 6.07) is 13.9. The van der Waals surface area contributed by atoms with E-state index in [0.29, 0.717) is 6.54 Å². The van der Waals surface area contributed by atoms with E-state index in [4.69, 9.17) is 22.1 Å². The predicted octanol–water partition coefficient (Wildman–Crippen LogP) is 3.16. The van der Waals surface area contributed by atoms with Gasteiger partial charge in [-0.25, -0.2) is 0 Å². The Morgan fingerprint density at radius 1 is 1.20 bits per heavy atom. The van der Waals surface area contributed by atoms with E-state index < -0.39 is 0 Å². The van der Waals surface area contributed by atoms with Crippen molar-refractivity contribution in [1.29, 1.82) is 0 Å². The number of nitrogens with two attached hydrogens (primary N) is 1. The molecule has 1 atom stereocenters. The van der Waals surface area contributed by atoms with Gasteiger partial charge in [0.2, 0.25) is 0 Å². The third-order valence-corrected chi connectivity index (χ3v) is 3.92. The van der Waals surface area contributed by atoms with Crippen molar-refractivity contribution in [2.45, 2.75) is 6.10 Å². The van der Waals surface area contributed by atoms with Gasteiger partial charge >= 0.3 is 0 Å². The van der Waals surface area contributed by atoms with Crippen LogP contribution in [0.2, 0.25) is 5.02 Å². The SMILES string of the molecule is CN1C[C@@H](CN)Oc2c(-c3ccccc3Cl)cccc21. The quantitative estimate of drug-likeness (QED) is 0.922. The van der Waals surface area contributed by atoms with Crippen LogP contribution in [-0.2, 0) is 0 Å². The van der Waals surface area contributed by atoms with Crippen LogP contribution in [0.3, 0.4) is 0 Å². The average molecular weight is 289 g/mol. The first-order valence-electron chi connectivity index (χ1n) is 6.66. The smallest absolute Gasteiger partial charge is 0.151 e. The number of halogens is 1. The summed E-state index contributed by atoms with van der Waals surface area (Å²) in [6.07, 6.45) is 0.0103. The van der Waals surface area contributed by atoms with Gasteiger partial charge in [-0.3, -0.25) is 0 Å². The van der Waals surface area contributed by atoms with Crippen molar-refractivity contribution in [3.8, 4) is 16.9 Å². The minimum Gasteiger partial charge on any atom is -0.484 e. The predicted molar refractivity (Wildman–Crippen MR) is 83.6 cm³/mol. The molecule has 104 valence electrons. The zero-order chi connectivity index (χ0) is 14.1. The summed E-state index contributed by atoms with van der Waals surface area (Å²) in [6.45, 7) is 1.30. The van der Waals surface area contributed by atoms with E-state index in [1.165, 1.54) is 0 Å². The van der Waals surface area contributed by atoms with E-state index in [9.17, 15) is 0 Å². The Bertz CT molecular complexity index is 630. The second-order valence-corrected chi connectivity index (χ2v) is 5.40. The van der Waals surface area contributed by atoms with Crippen molar-refractivity contribution in [3.05, 3.63) is 47.5 Å². The molecule has 0 fully saturated rings. The molecule has 4 heteroatoms. The van der Waals surface area contributed by atoms with E-state index in [-0.39, 0.29) is 6.10 Å². The van der Waals surface area contributed by atoms with Gasteiger partial charge in [-0.15, -0.1) is 0 Å². The van der Waals surface area contributed by atoms with Crippen LogP contribution in [0.5, 0.6) is 5.75 Å². The van der Waals surface area contributed by atoms with E-state index >= 15 is 0 Å². The summed E-state index contributed by atoms with van der Waals surface area (Å²) in [5.41, 5.74) is 8.84. The molecule has 0 aromatic heterocycles. The molecule has 0 saturated carbocycles. The first-order valence-corrected chi connectivity index (χ1v) is 7.04. The maximum atomic E-state index is 6.31. The summed E-state index contributed by atoms with van der Waals surface area (Å²) in [5, 5.41) is 0.724. The van der Waals surface area contributed by atoms with Crippen molar-refractivity contribution in [3.63, 3.8) is 0 Å². The number of nitrogens with zero attached hydrogens (tertiary/aromatic N) is 1. The first-order chi connectivity index (χ1) is 9.70. The Kier molecular flexibility index (Phi) is 3.55. The molecule has 0 saturated heterocycles. The number of anilines is 1. The fourth-order valence-electron chi connectivity index (χ4n) is 2.57. The Morgan fingerprint density at radius 2 is 1.95 bits per heavy atom. The van der Waals surface area contributed by atoms with Crippen molar-refractivity contribution in [1.82, 2.24) is 0 Å². The fraction of sp³-hybridized carbons (Fsp3) is 0.250. The Hall–Kier alpha value is -1.71. The zero-order valence-corrected chi connectivity index (χ0v) is 12.1. The fourth-order valence-corrected chi connectivity index (χ4v) is 2.81. The third-order valence-electron chi connectivity index (χ3n) is 3.59. The van der Waals surface area contributed by atoms with Crippen molar-refractivity contribution in [2.24, 2.45) is 5.73 Å². The number of fused-ring (bicyclic) bond motifs is 1. The molecular weight excluding hydrogens is 272 g/mol. The van der Waals surface area contributed by atoms with Crippen LogP contribution in [-0.4, -0.2) is 26.2 Å². The maximum Gasteiger partial charge on any atom is 0.151 e. The molecule has 2 aromatic rings. The standard InChI is InChI=1S/C16H17ClN2O/c1-19-10-11(9-18)20-16-13(6-4-8-15(16)19)12-5-2-3-7-14(12)17/h2-8,11H,9-10,18H2,1H3/t11-/m1/s1. The van der Waals surface area contributed by atoms with Crippen LogP contribution < -0.4 is 15.4 Å². The van der Waals surface area contributed by atoms with E-state index in [1.807, 2.05) is 36.4 Å². The van der Waals surface area contributed by atoms with E-state index in [0.717, 1.165) is 34.1 Å². The molecule has 0 spiro atoms.